The van der Waals surface area contributed by atoms with Crippen LogP contribution in [0, 0.1) is 0 Å². The molecular formula is C17H23N5OS. The highest BCUT2D eigenvalue weighted by molar-refractivity contribution is 7.11. The van der Waals surface area contributed by atoms with Crippen molar-refractivity contribution < 1.29 is 4.79 Å². The molecule has 0 spiro atoms. The number of carbonyl (C=O) groups excluding carboxylic acids is 1. The summed E-state index contributed by atoms with van der Waals surface area (Å²) in [4.78, 5) is 17.7. The van der Waals surface area contributed by atoms with Gasteiger partial charge in [0.25, 0.3) is 0 Å². The smallest absolute Gasteiger partial charge is 0.220 e. The maximum atomic E-state index is 11.9. The van der Waals surface area contributed by atoms with E-state index in [-0.39, 0.29) is 18.0 Å². The Bertz CT molecular complexity index is 720. The Hall–Kier alpha value is -1.73. The van der Waals surface area contributed by atoms with Crippen molar-refractivity contribution in [2.75, 3.05) is 0 Å². The molecule has 2 aromatic heterocycles. The molecule has 128 valence electrons. The number of piperidine rings is 1. The van der Waals surface area contributed by atoms with E-state index in [0.717, 1.165) is 25.1 Å². The van der Waals surface area contributed by atoms with E-state index in [1.165, 1.54) is 22.7 Å². The van der Waals surface area contributed by atoms with Crippen LogP contribution in [0.1, 0.15) is 60.0 Å². The van der Waals surface area contributed by atoms with Crippen molar-refractivity contribution in [3.63, 3.8) is 0 Å². The fourth-order valence-corrected chi connectivity index (χ4v) is 4.24. The minimum Gasteiger partial charge on any atom is -0.348 e. The van der Waals surface area contributed by atoms with Gasteiger partial charge in [0, 0.05) is 54.3 Å². The van der Waals surface area contributed by atoms with E-state index in [2.05, 4.69) is 27.6 Å². The lowest BCUT2D eigenvalue weighted by Crippen LogP contribution is -2.48. The molecule has 1 amide bonds. The first-order chi connectivity index (χ1) is 11.7. The number of aryl methyl sites for hydroxylation is 1. The molecule has 2 fully saturated rings. The van der Waals surface area contributed by atoms with E-state index in [9.17, 15) is 4.79 Å². The average molecular weight is 345 g/mol. The third-order valence-electron chi connectivity index (χ3n) is 4.77. The molecule has 3 heterocycles. The van der Waals surface area contributed by atoms with Crippen molar-refractivity contribution >= 4 is 17.2 Å². The first kappa shape index (κ1) is 15.8. The SMILES string of the molecule is CCn1cc([C@@H]2NC(=O)CC[C@H]2NCc2cnc(C3CC3)s2)cn1. The van der Waals surface area contributed by atoms with E-state index in [1.54, 1.807) is 0 Å². The fraction of sp³-hybridized carbons (Fsp3) is 0.588. The molecule has 1 aliphatic carbocycles. The minimum atomic E-state index is -0.0117. The summed E-state index contributed by atoms with van der Waals surface area (Å²) in [6, 6.07) is 0.214. The zero-order valence-electron chi connectivity index (χ0n) is 13.9. The maximum absolute atomic E-state index is 11.9. The summed E-state index contributed by atoms with van der Waals surface area (Å²) < 4.78 is 1.90. The van der Waals surface area contributed by atoms with Crippen LogP contribution in [-0.2, 0) is 17.9 Å². The Balaban J connectivity index is 1.43. The molecular weight excluding hydrogens is 322 g/mol. The Labute approximate surface area is 145 Å². The number of nitrogens with zero attached hydrogens (tertiary/aromatic N) is 3. The van der Waals surface area contributed by atoms with E-state index >= 15 is 0 Å². The van der Waals surface area contributed by atoms with Gasteiger partial charge in [0.2, 0.25) is 5.91 Å². The van der Waals surface area contributed by atoms with Crippen molar-refractivity contribution in [1.82, 2.24) is 25.4 Å². The van der Waals surface area contributed by atoms with Gasteiger partial charge in [-0.3, -0.25) is 9.48 Å². The molecule has 0 aromatic carbocycles. The molecule has 0 radical (unpaired) electrons. The van der Waals surface area contributed by atoms with Crippen LogP contribution in [0.2, 0.25) is 0 Å². The summed E-state index contributed by atoms with van der Waals surface area (Å²) in [5.41, 5.74) is 1.07. The van der Waals surface area contributed by atoms with Gasteiger partial charge in [0.15, 0.2) is 0 Å². The molecule has 24 heavy (non-hydrogen) atoms. The Morgan fingerprint density at radius 3 is 3.00 bits per heavy atom. The largest absolute Gasteiger partial charge is 0.348 e. The summed E-state index contributed by atoms with van der Waals surface area (Å²) in [6.07, 6.45) is 9.90. The predicted octanol–water partition coefficient (Wildman–Crippen LogP) is 2.35. The molecule has 2 aliphatic rings. The summed E-state index contributed by atoms with van der Waals surface area (Å²) >= 11 is 1.82. The summed E-state index contributed by atoms with van der Waals surface area (Å²) in [7, 11) is 0. The van der Waals surface area contributed by atoms with E-state index in [1.807, 2.05) is 34.6 Å². The molecule has 6 nitrogen and oxygen atoms in total. The first-order valence-electron chi connectivity index (χ1n) is 8.72. The predicted molar refractivity (Wildman–Crippen MR) is 92.7 cm³/mol. The van der Waals surface area contributed by atoms with E-state index in [4.69, 9.17) is 0 Å². The average Bonchev–Trinajstić information content (AvgIpc) is 3.15. The molecule has 2 atom stereocenters. The van der Waals surface area contributed by atoms with Crippen LogP contribution in [0.4, 0.5) is 0 Å². The third-order valence-corrected chi connectivity index (χ3v) is 5.93. The quantitative estimate of drug-likeness (QED) is 0.843. The molecule has 0 bridgehead atoms. The van der Waals surface area contributed by atoms with Gasteiger partial charge in [-0.15, -0.1) is 11.3 Å². The molecule has 2 aromatic rings. The highest BCUT2D eigenvalue weighted by atomic mass is 32.1. The highest BCUT2D eigenvalue weighted by Gasteiger charge is 2.31. The molecule has 7 heteroatoms. The highest BCUT2D eigenvalue weighted by Crippen LogP contribution is 2.41. The number of hydrogen-bond donors (Lipinski definition) is 2. The molecule has 4 rings (SSSR count). The Morgan fingerprint density at radius 1 is 1.38 bits per heavy atom. The van der Waals surface area contributed by atoms with Crippen LogP contribution in [0.15, 0.2) is 18.6 Å². The molecule has 1 saturated heterocycles. The van der Waals surface area contributed by atoms with Crippen LogP contribution in [0.5, 0.6) is 0 Å². The monoisotopic (exact) mass is 345 g/mol. The molecule has 0 unspecified atom stereocenters. The van der Waals surface area contributed by atoms with Crippen molar-refractivity contribution in [1.29, 1.82) is 0 Å². The molecule has 1 saturated carbocycles. The zero-order valence-corrected chi connectivity index (χ0v) is 14.7. The number of rotatable bonds is 6. The van der Waals surface area contributed by atoms with Gasteiger partial charge in [0.05, 0.1) is 17.2 Å². The summed E-state index contributed by atoms with van der Waals surface area (Å²) in [6.45, 7) is 3.71. The second-order valence-corrected chi connectivity index (χ2v) is 7.79. The molecule has 2 N–H and O–H groups in total. The number of nitrogens with one attached hydrogen (secondary N) is 2. The van der Waals surface area contributed by atoms with Crippen molar-refractivity contribution in [2.45, 2.75) is 63.7 Å². The number of amides is 1. The van der Waals surface area contributed by atoms with E-state index < -0.39 is 0 Å². The van der Waals surface area contributed by atoms with Crippen LogP contribution in [-0.4, -0.2) is 26.7 Å². The number of hydrogen-bond acceptors (Lipinski definition) is 5. The Kier molecular flexibility index (Phi) is 4.37. The fourth-order valence-electron chi connectivity index (χ4n) is 3.20. The van der Waals surface area contributed by atoms with Gasteiger partial charge in [-0.25, -0.2) is 4.98 Å². The van der Waals surface area contributed by atoms with Gasteiger partial charge < -0.3 is 10.6 Å². The van der Waals surface area contributed by atoms with Crippen molar-refractivity contribution in [3.8, 4) is 0 Å². The second-order valence-electron chi connectivity index (χ2n) is 6.64. The summed E-state index contributed by atoms with van der Waals surface area (Å²) in [5, 5.41) is 12.4. The Morgan fingerprint density at radius 2 is 2.25 bits per heavy atom. The van der Waals surface area contributed by atoms with Gasteiger partial charge in [0.1, 0.15) is 0 Å². The minimum absolute atomic E-state index is 0.0117. The van der Waals surface area contributed by atoms with Crippen LogP contribution < -0.4 is 10.6 Å². The summed E-state index contributed by atoms with van der Waals surface area (Å²) in [5.74, 6) is 0.835. The lowest BCUT2D eigenvalue weighted by molar-refractivity contribution is -0.123. The van der Waals surface area contributed by atoms with Crippen molar-refractivity contribution in [3.05, 3.63) is 34.0 Å². The standard InChI is InChI=1S/C17H23N5OS/c1-2-22-10-12(7-20-22)16-14(5-6-15(23)21-16)18-8-13-9-19-17(24-13)11-3-4-11/h7,9-11,14,16,18H,2-6,8H2,1H3,(H,21,23)/t14-,16+/m1/s1. The first-order valence-corrected chi connectivity index (χ1v) is 9.54. The van der Waals surface area contributed by atoms with Gasteiger partial charge >= 0.3 is 0 Å². The number of thiazole rings is 1. The zero-order chi connectivity index (χ0) is 16.5. The van der Waals surface area contributed by atoms with Crippen molar-refractivity contribution in [2.24, 2.45) is 0 Å². The van der Waals surface area contributed by atoms with Gasteiger partial charge in [-0.05, 0) is 26.2 Å². The lowest BCUT2D eigenvalue weighted by Gasteiger charge is -2.32. The number of aromatic nitrogens is 3. The van der Waals surface area contributed by atoms with Gasteiger partial charge in [-0.1, -0.05) is 0 Å². The van der Waals surface area contributed by atoms with Crippen LogP contribution >= 0.6 is 11.3 Å². The van der Waals surface area contributed by atoms with E-state index in [0.29, 0.717) is 12.3 Å². The second kappa shape index (κ2) is 6.64. The number of carbonyl (C=O) groups is 1. The van der Waals surface area contributed by atoms with Gasteiger partial charge in [-0.2, -0.15) is 5.10 Å². The van der Waals surface area contributed by atoms with Crippen LogP contribution in [0.25, 0.3) is 0 Å². The topological polar surface area (TPSA) is 71.8 Å². The maximum Gasteiger partial charge on any atom is 0.220 e. The normalized spacial score (nSPS) is 24.1. The molecule has 1 aliphatic heterocycles. The lowest BCUT2D eigenvalue weighted by atomic mass is 9.94. The van der Waals surface area contributed by atoms with Crippen LogP contribution in [0.3, 0.4) is 0 Å². The third kappa shape index (κ3) is 3.37.